The van der Waals surface area contributed by atoms with Gasteiger partial charge in [-0.3, -0.25) is 9.05 Å². The molecule has 0 saturated carbocycles. The largest absolute Gasteiger partial charge is 0.472 e. The molecule has 0 saturated heterocycles. The molecule has 0 fully saturated rings. The topological polar surface area (TPSA) is 68.2 Å². The fraction of sp³-hybridized carbons (Fsp3) is 1.00. The summed E-state index contributed by atoms with van der Waals surface area (Å²) in [7, 11) is 5.52. The molecule has 36 heavy (non-hydrogen) atoms. The highest BCUT2D eigenvalue weighted by Gasteiger charge is 2.28. The Morgan fingerprint density at radius 1 is 0.806 bits per heavy atom. The Morgan fingerprint density at radius 3 is 1.67 bits per heavy atom. The average Bonchev–Trinajstić information content (AvgIpc) is 2.77. The Balaban J connectivity index is 3.76. The summed E-state index contributed by atoms with van der Waals surface area (Å²) in [6.45, 7) is 4.82. The fourth-order valence-electron chi connectivity index (χ4n) is 4.32. The van der Waals surface area contributed by atoms with Crippen molar-refractivity contribution in [2.75, 3.05) is 68.1 Å². The molecule has 0 aromatic heterocycles. The summed E-state index contributed by atoms with van der Waals surface area (Å²) in [5, 5.41) is 0. The third kappa shape index (κ3) is 25.6. The van der Waals surface area contributed by atoms with Crippen molar-refractivity contribution in [1.82, 2.24) is 4.90 Å². The second-order valence-corrected chi connectivity index (χ2v) is 13.0. The van der Waals surface area contributed by atoms with Crippen molar-refractivity contribution in [2.45, 2.75) is 116 Å². The van der Waals surface area contributed by atoms with Crippen LogP contribution in [0.15, 0.2) is 0 Å². The molecule has 218 valence electrons. The molecule has 0 aliphatic heterocycles. The molecule has 0 aromatic rings. The molecule has 1 unspecified atom stereocenters. The number of rotatable bonds is 27. The molecule has 0 spiro atoms. The fourth-order valence-corrected chi connectivity index (χ4v) is 5.20. The van der Waals surface area contributed by atoms with Crippen molar-refractivity contribution >= 4 is 7.82 Å². The number of ether oxygens (including phenoxy) is 1. The van der Waals surface area contributed by atoms with Crippen molar-refractivity contribution in [3.05, 3.63) is 0 Å². The van der Waals surface area contributed by atoms with E-state index in [4.69, 9.17) is 13.8 Å². The van der Waals surface area contributed by atoms with Crippen LogP contribution in [-0.2, 0) is 18.3 Å². The molecular formula is C28H62N2O5P+. The average molecular weight is 538 g/mol. The molecule has 7 nitrogen and oxygen atoms in total. The maximum atomic E-state index is 12.3. The summed E-state index contributed by atoms with van der Waals surface area (Å²) in [5.74, 6) is 0. The predicted molar refractivity (Wildman–Crippen MR) is 152 cm³/mol. The van der Waals surface area contributed by atoms with Crippen LogP contribution < -0.4 is 0 Å². The quantitative estimate of drug-likeness (QED) is 0.0689. The van der Waals surface area contributed by atoms with Crippen molar-refractivity contribution < 1.29 is 27.7 Å². The van der Waals surface area contributed by atoms with Gasteiger partial charge in [0.2, 0.25) is 0 Å². The lowest BCUT2D eigenvalue weighted by molar-refractivity contribution is -0.870. The van der Waals surface area contributed by atoms with E-state index in [0.717, 1.165) is 13.0 Å². The Hall–Kier alpha value is -0.0100. The Labute approximate surface area is 224 Å². The first-order valence-corrected chi connectivity index (χ1v) is 16.2. The number of hydrogen-bond donors (Lipinski definition) is 1. The maximum Gasteiger partial charge on any atom is 0.472 e. The number of likely N-dealkylation sites (N-methyl/N-ethyl adjacent to an activating group) is 2. The van der Waals surface area contributed by atoms with Crippen molar-refractivity contribution in [1.29, 1.82) is 0 Å². The molecular weight excluding hydrogens is 475 g/mol. The van der Waals surface area contributed by atoms with Crippen LogP contribution in [0.5, 0.6) is 0 Å². The molecule has 2 atom stereocenters. The van der Waals surface area contributed by atoms with E-state index in [-0.39, 0.29) is 13.2 Å². The first kappa shape index (κ1) is 36.0. The van der Waals surface area contributed by atoms with E-state index in [1.807, 2.05) is 28.2 Å². The Morgan fingerprint density at radius 2 is 1.25 bits per heavy atom. The second-order valence-electron chi connectivity index (χ2n) is 11.6. The number of phosphoric acid groups is 1. The van der Waals surface area contributed by atoms with Gasteiger partial charge in [-0.2, -0.15) is 0 Å². The number of hydrogen-bond acceptors (Lipinski definition) is 5. The SMILES string of the molecule is CCCCCCCCCCCCCCCCCCN(C)C[C@@H](COC)OP(=O)(O)OCC[N+](C)(C)C. The summed E-state index contributed by atoms with van der Waals surface area (Å²) >= 11 is 0. The summed E-state index contributed by atoms with van der Waals surface area (Å²) in [6.07, 6.45) is 21.3. The van der Waals surface area contributed by atoms with Gasteiger partial charge in [-0.1, -0.05) is 103 Å². The highest BCUT2D eigenvalue weighted by Crippen LogP contribution is 2.44. The minimum atomic E-state index is -4.10. The van der Waals surface area contributed by atoms with Gasteiger partial charge in [0.15, 0.2) is 0 Å². The summed E-state index contributed by atoms with van der Waals surface area (Å²) in [6, 6.07) is 0. The van der Waals surface area contributed by atoms with E-state index in [1.54, 1.807) is 7.11 Å². The normalized spacial score (nSPS) is 14.9. The van der Waals surface area contributed by atoms with Gasteiger partial charge in [0.1, 0.15) is 19.3 Å². The molecule has 0 aliphatic carbocycles. The molecule has 8 heteroatoms. The molecule has 0 bridgehead atoms. The van der Waals surface area contributed by atoms with E-state index in [2.05, 4.69) is 11.8 Å². The van der Waals surface area contributed by atoms with Gasteiger partial charge in [-0.15, -0.1) is 0 Å². The molecule has 0 aromatic carbocycles. The van der Waals surface area contributed by atoms with Gasteiger partial charge in [-0.25, -0.2) is 4.57 Å². The number of nitrogens with zero attached hydrogens (tertiary/aromatic N) is 2. The first-order chi connectivity index (χ1) is 17.1. The van der Waals surface area contributed by atoms with Crippen LogP contribution >= 0.6 is 7.82 Å². The summed E-state index contributed by atoms with van der Waals surface area (Å²) in [4.78, 5) is 12.2. The minimum absolute atomic E-state index is 0.173. The van der Waals surface area contributed by atoms with Crippen LogP contribution in [0.2, 0.25) is 0 Å². The Kier molecular flexibility index (Phi) is 22.9. The van der Waals surface area contributed by atoms with E-state index >= 15 is 0 Å². The third-order valence-electron chi connectivity index (χ3n) is 6.56. The molecule has 0 rings (SSSR count). The number of phosphoric ester groups is 1. The van der Waals surface area contributed by atoms with Gasteiger partial charge in [0.25, 0.3) is 0 Å². The van der Waals surface area contributed by atoms with Crippen molar-refractivity contribution in [3.63, 3.8) is 0 Å². The molecule has 0 amide bonds. The van der Waals surface area contributed by atoms with Gasteiger partial charge in [0.05, 0.1) is 27.7 Å². The second kappa shape index (κ2) is 22.9. The number of methoxy groups -OCH3 is 1. The Bertz CT molecular complexity index is 531. The lowest BCUT2D eigenvalue weighted by Gasteiger charge is -2.26. The molecule has 1 N–H and O–H groups in total. The van der Waals surface area contributed by atoms with Crippen molar-refractivity contribution in [2.24, 2.45) is 0 Å². The highest BCUT2D eigenvalue weighted by molar-refractivity contribution is 7.47. The smallest absolute Gasteiger partial charge is 0.382 e. The summed E-state index contributed by atoms with van der Waals surface area (Å²) in [5.41, 5.74) is 0. The van der Waals surface area contributed by atoms with Crippen LogP contribution in [0.1, 0.15) is 110 Å². The maximum absolute atomic E-state index is 12.3. The van der Waals surface area contributed by atoms with Crippen LogP contribution in [0, 0.1) is 0 Å². The van der Waals surface area contributed by atoms with Crippen LogP contribution in [-0.4, -0.2) is 88.5 Å². The van der Waals surface area contributed by atoms with E-state index in [0.29, 0.717) is 17.6 Å². The minimum Gasteiger partial charge on any atom is -0.382 e. The predicted octanol–water partition coefficient (Wildman–Crippen LogP) is 7.03. The van der Waals surface area contributed by atoms with E-state index in [9.17, 15) is 9.46 Å². The van der Waals surface area contributed by atoms with Crippen LogP contribution in [0.4, 0.5) is 0 Å². The van der Waals surface area contributed by atoms with Gasteiger partial charge < -0.3 is 19.0 Å². The first-order valence-electron chi connectivity index (χ1n) is 14.7. The highest BCUT2D eigenvalue weighted by atomic mass is 31.2. The van der Waals surface area contributed by atoms with Gasteiger partial charge >= 0.3 is 7.82 Å². The standard InChI is InChI=1S/C28H61N2O5P/c1-7-8-9-10-11-12-13-14-15-16-17-18-19-20-21-22-23-29(2)26-28(27-33-6)35-36(31,32)34-25-24-30(3,4)5/h28H,7-27H2,1-6H3/p+1/t28-/m0/s1. The zero-order chi connectivity index (χ0) is 27.1. The lowest BCUT2D eigenvalue weighted by atomic mass is 10.0. The zero-order valence-corrected chi connectivity index (χ0v) is 25.7. The summed E-state index contributed by atoms with van der Waals surface area (Å²) < 4.78 is 28.7. The van der Waals surface area contributed by atoms with E-state index in [1.165, 1.54) is 96.3 Å². The molecule has 0 heterocycles. The number of quaternary nitrogens is 1. The van der Waals surface area contributed by atoms with Crippen LogP contribution in [0.25, 0.3) is 0 Å². The lowest BCUT2D eigenvalue weighted by Crippen LogP contribution is -2.37. The zero-order valence-electron chi connectivity index (χ0n) is 24.8. The van der Waals surface area contributed by atoms with Crippen LogP contribution in [0.3, 0.4) is 0 Å². The van der Waals surface area contributed by atoms with Gasteiger partial charge in [0, 0.05) is 13.7 Å². The molecule has 0 aliphatic rings. The molecule has 0 radical (unpaired) electrons. The van der Waals surface area contributed by atoms with Gasteiger partial charge in [-0.05, 0) is 20.0 Å². The third-order valence-corrected chi connectivity index (χ3v) is 7.63. The monoisotopic (exact) mass is 537 g/mol. The number of unbranched alkanes of at least 4 members (excludes halogenated alkanes) is 15. The van der Waals surface area contributed by atoms with E-state index < -0.39 is 13.9 Å². The van der Waals surface area contributed by atoms with Crippen molar-refractivity contribution in [3.8, 4) is 0 Å².